The van der Waals surface area contributed by atoms with Crippen LogP contribution in [0.3, 0.4) is 0 Å². The van der Waals surface area contributed by atoms with E-state index in [1.54, 1.807) is 27.0 Å². The van der Waals surface area contributed by atoms with Gasteiger partial charge in [0.05, 0.1) is 17.8 Å². The molecule has 0 amide bonds. The van der Waals surface area contributed by atoms with Crippen molar-refractivity contribution in [2.24, 2.45) is 0 Å². The van der Waals surface area contributed by atoms with Crippen LogP contribution in [0, 0.1) is 6.92 Å². The Hall–Kier alpha value is -1.41. The number of hydrogen-bond acceptors (Lipinski definition) is 4. The van der Waals surface area contributed by atoms with Crippen molar-refractivity contribution in [2.45, 2.75) is 45.5 Å². The topological polar surface area (TPSA) is 50.9 Å². The van der Waals surface area contributed by atoms with Gasteiger partial charge >= 0.3 is 6.18 Å². The molecule has 0 unspecified atom stereocenters. The van der Waals surface area contributed by atoms with Gasteiger partial charge in [0.15, 0.2) is 0 Å². The fraction of sp³-hybridized carbons (Fsp3) is 0.538. The molecule has 0 saturated heterocycles. The number of aliphatic hydroxyl groups is 1. The van der Waals surface area contributed by atoms with Crippen LogP contribution in [-0.4, -0.2) is 25.7 Å². The Kier molecular flexibility index (Phi) is 4.12. The molecule has 0 bridgehead atoms. The minimum absolute atomic E-state index is 0.242. The molecule has 116 valence electrons. The third-order valence-electron chi connectivity index (χ3n) is 2.81. The molecule has 0 atom stereocenters. The summed E-state index contributed by atoms with van der Waals surface area (Å²) in [6.45, 7) is 5.21. The van der Waals surface area contributed by atoms with Crippen LogP contribution in [-0.2, 0) is 19.1 Å². The summed E-state index contributed by atoms with van der Waals surface area (Å²) >= 11 is 0.721. The summed E-state index contributed by atoms with van der Waals surface area (Å²) in [7, 11) is 0. The largest absolute Gasteiger partial charge is 0.425 e. The molecule has 0 aromatic carbocycles. The van der Waals surface area contributed by atoms with Gasteiger partial charge in [-0.2, -0.15) is 13.2 Å². The van der Waals surface area contributed by atoms with Gasteiger partial charge in [0, 0.05) is 17.5 Å². The maximum atomic E-state index is 12.7. The van der Waals surface area contributed by atoms with E-state index < -0.39 is 16.7 Å². The lowest BCUT2D eigenvalue weighted by molar-refractivity contribution is -0.134. The van der Waals surface area contributed by atoms with Crippen molar-refractivity contribution in [1.82, 2.24) is 15.0 Å². The molecule has 2 rings (SSSR count). The van der Waals surface area contributed by atoms with Crippen LogP contribution < -0.4 is 0 Å². The maximum absolute atomic E-state index is 12.7. The lowest BCUT2D eigenvalue weighted by Gasteiger charge is -2.13. The van der Waals surface area contributed by atoms with Crippen molar-refractivity contribution in [1.29, 1.82) is 0 Å². The summed E-state index contributed by atoms with van der Waals surface area (Å²) in [6.07, 6.45) is -2.34. The van der Waals surface area contributed by atoms with Crippen LogP contribution in [0.25, 0.3) is 0 Å². The van der Waals surface area contributed by atoms with Crippen molar-refractivity contribution in [2.75, 3.05) is 0 Å². The maximum Gasteiger partial charge on any atom is 0.425 e. The molecule has 21 heavy (non-hydrogen) atoms. The Morgan fingerprint density at radius 1 is 1.33 bits per heavy atom. The highest BCUT2D eigenvalue weighted by atomic mass is 32.1. The van der Waals surface area contributed by atoms with E-state index in [2.05, 4.69) is 10.3 Å². The minimum Gasteiger partial charge on any atom is -0.390 e. The van der Waals surface area contributed by atoms with Crippen LogP contribution >= 0.6 is 11.3 Å². The summed E-state index contributed by atoms with van der Waals surface area (Å²) in [5.74, 6) is 0. The highest BCUT2D eigenvalue weighted by Gasteiger charge is 2.33. The molecule has 0 aliphatic heterocycles. The molecule has 0 radical (unpaired) electrons. The summed E-state index contributed by atoms with van der Waals surface area (Å²) in [5, 5.41) is 17.5. The SMILES string of the molecule is Cc1cc(C(F)(F)F)sc1Cn1cc(CC(C)(C)O)nn1. The zero-order valence-electron chi connectivity index (χ0n) is 11.9. The number of alkyl halides is 3. The number of nitrogens with zero attached hydrogens (tertiary/aromatic N) is 3. The second-order valence-electron chi connectivity index (χ2n) is 5.61. The summed E-state index contributed by atoms with van der Waals surface area (Å²) in [5.41, 5.74) is 0.294. The Morgan fingerprint density at radius 2 is 2.00 bits per heavy atom. The first-order valence-electron chi connectivity index (χ1n) is 6.32. The molecule has 0 aliphatic rings. The fourth-order valence-corrected chi connectivity index (χ4v) is 2.94. The van der Waals surface area contributed by atoms with Crippen LogP contribution in [0.5, 0.6) is 0 Å². The van der Waals surface area contributed by atoms with E-state index in [1.165, 1.54) is 4.68 Å². The van der Waals surface area contributed by atoms with Crippen molar-refractivity contribution in [3.63, 3.8) is 0 Å². The molecule has 0 fully saturated rings. The minimum atomic E-state index is -4.32. The number of aromatic nitrogens is 3. The van der Waals surface area contributed by atoms with Crippen LogP contribution in [0.2, 0.25) is 0 Å². The Labute approximate surface area is 124 Å². The van der Waals surface area contributed by atoms with E-state index in [0.29, 0.717) is 22.6 Å². The first kappa shape index (κ1) is 16.0. The smallest absolute Gasteiger partial charge is 0.390 e. The molecule has 0 aliphatic carbocycles. The number of thiophene rings is 1. The lowest BCUT2D eigenvalue weighted by Crippen LogP contribution is -2.22. The highest BCUT2D eigenvalue weighted by molar-refractivity contribution is 7.12. The van der Waals surface area contributed by atoms with Gasteiger partial charge in [-0.15, -0.1) is 16.4 Å². The second-order valence-corrected chi connectivity index (χ2v) is 6.75. The van der Waals surface area contributed by atoms with Gasteiger partial charge in [-0.05, 0) is 32.4 Å². The summed E-state index contributed by atoms with van der Waals surface area (Å²) in [6, 6.07) is 1.15. The fourth-order valence-electron chi connectivity index (χ4n) is 1.90. The van der Waals surface area contributed by atoms with Gasteiger partial charge in [-0.3, -0.25) is 0 Å². The molecular formula is C13H16F3N3OS. The van der Waals surface area contributed by atoms with Gasteiger partial charge in [0.25, 0.3) is 0 Å². The molecule has 8 heteroatoms. The van der Waals surface area contributed by atoms with Gasteiger partial charge in [0.2, 0.25) is 0 Å². The van der Waals surface area contributed by atoms with Gasteiger partial charge < -0.3 is 5.11 Å². The van der Waals surface area contributed by atoms with E-state index in [1.807, 2.05) is 0 Å². The highest BCUT2D eigenvalue weighted by Crippen LogP contribution is 2.36. The average Bonchev–Trinajstić information content (AvgIpc) is 2.84. The van der Waals surface area contributed by atoms with Crippen LogP contribution in [0.4, 0.5) is 13.2 Å². The first-order valence-corrected chi connectivity index (χ1v) is 7.14. The predicted octanol–water partition coefficient (Wildman–Crippen LogP) is 3.03. The molecule has 2 aromatic rings. The van der Waals surface area contributed by atoms with Gasteiger partial charge in [0.1, 0.15) is 4.88 Å². The Morgan fingerprint density at radius 3 is 2.52 bits per heavy atom. The Bertz CT molecular complexity index is 625. The van der Waals surface area contributed by atoms with Crippen LogP contribution in [0.15, 0.2) is 12.3 Å². The number of aryl methyl sites for hydroxylation is 1. The molecule has 2 heterocycles. The van der Waals surface area contributed by atoms with E-state index in [-0.39, 0.29) is 6.54 Å². The third kappa shape index (κ3) is 4.28. The van der Waals surface area contributed by atoms with Crippen molar-refractivity contribution < 1.29 is 18.3 Å². The van der Waals surface area contributed by atoms with Crippen molar-refractivity contribution >= 4 is 11.3 Å². The van der Waals surface area contributed by atoms with Crippen molar-refractivity contribution in [3.8, 4) is 0 Å². The van der Waals surface area contributed by atoms with E-state index >= 15 is 0 Å². The average molecular weight is 319 g/mol. The molecule has 0 saturated carbocycles. The molecule has 2 aromatic heterocycles. The second kappa shape index (κ2) is 5.42. The summed E-state index contributed by atoms with van der Waals surface area (Å²) in [4.78, 5) is -0.00568. The third-order valence-corrected chi connectivity index (χ3v) is 4.07. The van der Waals surface area contributed by atoms with E-state index in [4.69, 9.17) is 0 Å². The van der Waals surface area contributed by atoms with Gasteiger partial charge in [-0.1, -0.05) is 5.21 Å². The Balaban J connectivity index is 2.14. The molecular weight excluding hydrogens is 303 g/mol. The van der Waals surface area contributed by atoms with Crippen molar-refractivity contribution in [3.05, 3.63) is 33.3 Å². The molecule has 0 spiro atoms. The molecule has 4 nitrogen and oxygen atoms in total. The zero-order chi connectivity index (χ0) is 15.8. The van der Waals surface area contributed by atoms with E-state index in [0.717, 1.165) is 17.4 Å². The van der Waals surface area contributed by atoms with E-state index in [9.17, 15) is 18.3 Å². The monoisotopic (exact) mass is 319 g/mol. The quantitative estimate of drug-likeness (QED) is 0.942. The lowest BCUT2D eigenvalue weighted by atomic mass is 10.0. The number of halogens is 3. The standard InChI is InChI=1S/C13H16F3N3OS/c1-8-4-11(13(14,15)16)21-10(8)7-19-6-9(17-18-19)5-12(2,3)20/h4,6,20H,5,7H2,1-3H3. The summed E-state index contributed by atoms with van der Waals surface area (Å²) < 4.78 is 39.5. The number of hydrogen-bond donors (Lipinski definition) is 1. The van der Waals surface area contributed by atoms with Crippen LogP contribution in [0.1, 0.15) is 34.9 Å². The normalized spacial score (nSPS) is 12.9. The first-order chi connectivity index (χ1) is 9.54. The van der Waals surface area contributed by atoms with Gasteiger partial charge in [-0.25, -0.2) is 4.68 Å². The molecule has 1 N–H and O–H groups in total. The number of rotatable bonds is 4. The zero-order valence-corrected chi connectivity index (χ0v) is 12.7. The predicted molar refractivity (Wildman–Crippen MR) is 73.2 cm³/mol.